The van der Waals surface area contributed by atoms with Gasteiger partial charge in [0.25, 0.3) is 0 Å². The molecular weight excluding hydrogens is 398 g/mol. The Bertz CT molecular complexity index is 701. The molecule has 0 aromatic rings. The number of morpholine rings is 1. The van der Waals surface area contributed by atoms with Crippen LogP contribution in [0.15, 0.2) is 0 Å². The third kappa shape index (κ3) is 3.81. The highest BCUT2D eigenvalue weighted by atomic mass is 16.5. The van der Waals surface area contributed by atoms with Crippen LogP contribution >= 0.6 is 0 Å². The zero-order chi connectivity index (χ0) is 22.6. The smallest absolute Gasteiger partial charge is 0.150 e. The van der Waals surface area contributed by atoms with Gasteiger partial charge in [-0.1, -0.05) is 20.3 Å². The highest BCUT2D eigenvalue weighted by molar-refractivity contribution is 5.84. The second-order valence-corrected chi connectivity index (χ2v) is 12.9. The van der Waals surface area contributed by atoms with Crippen LogP contribution in [0.1, 0.15) is 91.4 Å². The molecule has 0 bridgehead atoms. The minimum absolute atomic E-state index is 0.213. The molecule has 1 aliphatic heterocycles. The minimum Gasteiger partial charge on any atom is -0.390 e. The van der Waals surface area contributed by atoms with E-state index in [0.717, 1.165) is 63.3 Å². The highest BCUT2D eigenvalue weighted by Crippen LogP contribution is 2.69. The molecule has 0 radical (unpaired) electrons. The second-order valence-electron chi connectivity index (χ2n) is 12.9. The fourth-order valence-corrected chi connectivity index (χ4v) is 9.82. The van der Waals surface area contributed by atoms with Gasteiger partial charge in [0, 0.05) is 19.0 Å². The maximum atomic E-state index is 13.5. The third-order valence-electron chi connectivity index (χ3n) is 11.2. The number of ether oxygens (including phenoxy) is 1. The average Bonchev–Trinajstić information content (AvgIpc) is 3.12. The van der Waals surface area contributed by atoms with Gasteiger partial charge in [0.15, 0.2) is 0 Å². The number of hydrogen-bond acceptors (Lipinski definition) is 4. The van der Waals surface area contributed by atoms with Crippen molar-refractivity contribution in [2.24, 2.45) is 40.4 Å². The van der Waals surface area contributed by atoms with Crippen LogP contribution in [0.25, 0.3) is 0 Å². The molecule has 1 N–H and O–H groups in total. The van der Waals surface area contributed by atoms with Crippen molar-refractivity contribution in [1.29, 1.82) is 0 Å². The number of nitrogens with zero attached hydrogens (tertiary/aromatic N) is 1. The number of Topliss-reactive ketones (excluding diaryl/α,β-unsaturated/α-hetero) is 1. The molecule has 0 unspecified atom stereocenters. The lowest BCUT2D eigenvalue weighted by atomic mass is 9.42. The van der Waals surface area contributed by atoms with Gasteiger partial charge in [-0.3, -0.25) is 9.69 Å². The standard InChI is InChI=1S/C28H47NO3/c1-4-10-28-13-12-26(2,31)18-20(28)5-6-21-22-7-8-24(27(22,3)11-9-23(21)28)25(30)19-29-14-16-32-17-15-29/h20-24,31H,4-19H2,1-3H3/t20-,21-,22-,23-,24+,26+,27-,28-/m0/s1. The zero-order valence-electron chi connectivity index (χ0n) is 20.9. The van der Waals surface area contributed by atoms with E-state index in [9.17, 15) is 9.90 Å². The van der Waals surface area contributed by atoms with Crippen molar-refractivity contribution in [1.82, 2.24) is 4.90 Å². The lowest BCUT2D eigenvalue weighted by Gasteiger charge is -2.63. The molecule has 32 heavy (non-hydrogen) atoms. The van der Waals surface area contributed by atoms with Crippen molar-refractivity contribution in [2.75, 3.05) is 32.8 Å². The second kappa shape index (κ2) is 8.64. The molecule has 0 spiro atoms. The summed E-state index contributed by atoms with van der Waals surface area (Å²) in [5.74, 6) is 3.85. The average molecular weight is 446 g/mol. The number of ketones is 1. The third-order valence-corrected chi connectivity index (χ3v) is 11.2. The first kappa shape index (κ1) is 23.3. The zero-order valence-corrected chi connectivity index (χ0v) is 20.9. The Morgan fingerprint density at radius 3 is 2.53 bits per heavy atom. The lowest BCUT2D eigenvalue weighted by Crippen LogP contribution is -2.57. The number of aliphatic hydroxyl groups is 1. The quantitative estimate of drug-likeness (QED) is 0.641. The largest absolute Gasteiger partial charge is 0.390 e. The monoisotopic (exact) mass is 445 g/mol. The van der Waals surface area contributed by atoms with Crippen LogP contribution in [0.2, 0.25) is 0 Å². The molecule has 4 heteroatoms. The van der Waals surface area contributed by atoms with Gasteiger partial charge in [0.1, 0.15) is 5.78 Å². The Kier molecular flexibility index (Phi) is 6.29. The minimum atomic E-state index is -0.456. The predicted octanol–water partition coefficient (Wildman–Crippen LogP) is 5.08. The number of hydrogen-bond donors (Lipinski definition) is 1. The summed E-state index contributed by atoms with van der Waals surface area (Å²) in [5, 5.41) is 10.9. The fourth-order valence-electron chi connectivity index (χ4n) is 9.82. The summed E-state index contributed by atoms with van der Waals surface area (Å²) >= 11 is 0. The Balaban J connectivity index is 1.34. The topological polar surface area (TPSA) is 49.8 Å². The van der Waals surface area contributed by atoms with Crippen molar-refractivity contribution >= 4 is 5.78 Å². The van der Waals surface area contributed by atoms with Crippen molar-refractivity contribution in [3.8, 4) is 0 Å². The number of fused-ring (bicyclic) bond motifs is 5. The summed E-state index contributed by atoms with van der Waals surface area (Å²) in [6, 6.07) is 0. The van der Waals surface area contributed by atoms with E-state index in [1.165, 1.54) is 51.4 Å². The summed E-state index contributed by atoms with van der Waals surface area (Å²) in [6.07, 6.45) is 13.4. The molecule has 5 fully saturated rings. The van der Waals surface area contributed by atoms with Gasteiger partial charge in [-0.25, -0.2) is 0 Å². The van der Waals surface area contributed by atoms with Crippen LogP contribution in [0, 0.1) is 40.4 Å². The van der Waals surface area contributed by atoms with Crippen LogP contribution in [-0.2, 0) is 9.53 Å². The van der Waals surface area contributed by atoms with Gasteiger partial charge in [-0.05, 0) is 106 Å². The molecule has 0 amide bonds. The van der Waals surface area contributed by atoms with Crippen molar-refractivity contribution in [3.05, 3.63) is 0 Å². The van der Waals surface area contributed by atoms with Crippen molar-refractivity contribution in [2.45, 2.75) is 97.0 Å². The van der Waals surface area contributed by atoms with Crippen LogP contribution in [0.3, 0.4) is 0 Å². The first-order chi connectivity index (χ1) is 15.3. The normalized spacial score (nSPS) is 49.2. The van der Waals surface area contributed by atoms with E-state index in [1.54, 1.807) is 0 Å². The van der Waals surface area contributed by atoms with Gasteiger partial charge < -0.3 is 9.84 Å². The summed E-state index contributed by atoms with van der Waals surface area (Å²) in [6.45, 7) is 10.9. The lowest BCUT2D eigenvalue weighted by molar-refractivity contribution is -0.160. The van der Waals surface area contributed by atoms with Gasteiger partial charge in [0.05, 0.1) is 25.4 Å². The maximum Gasteiger partial charge on any atom is 0.150 e. The molecule has 1 saturated heterocycles. The van der Waals surface area contributed by atoms with E-state index in [1.807, 2.05) is 0 Å². The predicted molar refractivity (Wildman–Crippen MR) is 127 cm³/mol. The molecule has 0 aromatic carbocycles. The van der Waals surface area contributed by atoms with Gasteiger partial charge in [-0.2, -0.15) is 0 Å². The van der Waals surface area contributed by atoms with E-state index in [2.05, 4.69) is 25.7 Å². The number of rotatable bonds is 5. The van der Waals surface area contributed by atoms with Crippen LogP contribution < -0.4 is 0 Å². The molecule has 8 atom stereocenters. The molecule has 5 aliphatic rings. The molecule has 5 rings (SSSR count). The Hall–Kier alpha value is -0.450. The number of carbonyl (C=O) groups excluding carboxylic acids is 1. The molecule has 1 heterocycles. The first-order valence-corrected chi connectivity index (χ1v) is 13.8. The molecule has 182 valence electrons. The van der Waals surface area contributed by atoms with E-state index in [-0.39, 0.29) is 11.3 Å². The van der Waals surface area contributed by atoms with Crippen LogP contribution in [0.5, 0.6) is 0 Å². The summed E-state index contributed by atoms with van der Waals surface area (Å²) in [4.78, 5) is 15.8. The van der Waals surface area contributed by atoms with Crippen molar-refractivity contribution in [3.63, 3.8) is 0 Å². The molecule has 4 nitrogen and oxygen atoms in total. The molecule has 0 aromatic heterocycles. The first-order valence-electron chi connectivity index (χ1n) is 13.8. The molecule has 4 saturated carbocycles. The van der Waals surface area contributed by atoms with Crippen molar-refractivity contribution < 1.29 is 14.6 Å². The maximum absolute atomic E-state index is 13.5. The van der Waals surface area contributed by atoms with E-state index >= 15 is 0 Å². The van der Waals surface area contributed by atoms with Gasteiger partial charge >= 0.3 is 0 Å². The fraction of sp³-hybridized carbons (Fsp3) is 0.964. The summed E-state index contributed by atoms with van der Waals surface area (Å²) in [7, 11) is 0. The van der Waals surface area contributed by atoms with E-state index in [4.69, 9.17) is 4.74 Å². The van der Waals surface area contributed by atoms with Crippen LogP contribution in [0.4, 0.5) is 0 Å². The van der Waals surface area contributed by atoms with Crippen LogP contribution in [-0.4, -0.2) is 54.2 Å². The Labute approximate surface area is 195 Å². The van der Waals surface area contributed by atoms with E-state index < -0.39 is 5.60 Å². The molecular formula is C28H47NO3. The Morgan fingerprint density at radius 2 is 1.78 bits per heavy atom. The highest BCUT2D eigenvalue weighted by Gasteiger charge is 2.62. The molecule has 4 aliphatic carbocycles. The summed E-state index contributed by atoms with van der Waals surface area (Å²) in [5.41, 5.74) is 0.213. The van der Waals surface area contributed by atoms with E-state index in [0.29, 0.717) is 23.7 Å². The summed E-state index contributed by atoms with van der Waals surface area (Å²) < 4.78 is 5.49. The van der Waals surface area contributed by atoms with Gasteiger partial charge in [0.2, 0.25) is 0 Å². The SMILES string of the molecule is CCC[C@]12CC[C@@](C)(O)C[C@@H]1CC[C@H]1[C@@H]3CC[C@H](C(=O)CN4CCOCC4)[C@@]3(C)CC[C@@H]12. The van der Waals surface area contributed by atoms with Gasteiger partial charge in [-0.15, -0.1) is 0 Å². The Morgan fingerprint density at radius 1 is 1.00 bits per heavy atom. The number of carbonyl (C=O) groups is 1.